The van der Waals surface area contributed by atoms with Crippen LogP contribution in [0.3, 0.4) is 0 Å². The average Bonchev–Trinajstić information content (AvgIpc) is 1.35. The van der Waals surface area contributed by atoms with E-state index in [1.54, 1.807) is 0 Å². The smallest absolute Gasteiger partial charge is 0.0949 e. The van der Waals surface area contributed by atoms with Crippen molar-refractivity contribution >= 4 is 32.7 Å². The molecule has 0 bridgehead atoms. The van der Waals surface area contributed by atoms with Gasteiger partial charge >= 0.3 is 0 Å². The fourth-order valence-electron chi connectivity index (χ4n) is 0.126. The molecule has 3 heteroatoms. The van der Waals surface area contributed by atoms with Gasteiger partial charge in [-0.1, -0.05) is 0 Å². The Bertz CT molecular complexity index is 44.1. The molecule has 0 aromatic rings. The molecule has 0 radical (unpaired) electrons. The Morgan fingerprint density at radius 3 is 2.17 bits per heavy atom. The fourth-order valence-corrected chi connectivity index (χ4v) is 1.13. The lowest BCUT2D eigenvalue weighted by atomic mass is 11.3. The van der Waals surface area contributed by atoms with Crippen molar-refractivity contribution in [2.75, 3.05) is 0 Å². The standard InChI is InChI=1S/C3H6Cl2Si/c1-2-6-3(4)5/h2-3H,1,6H2. The van der Waals surface area contributed by atoms with E-state index in [4.69, 9.17) is 23.2 Å². The van der Waals surface area contributed by atoms with Gasteiger partial charge < -0.3 is 0 Å². The Morgan fingerprint density at radius 2 is 2.17 bits per heavy atom. The summed E-state index contributed by atoms with van der Waals surface area (Å²) in [6, 6.07) is 0. The zero-order valence-corrected chi connectivity index (χ0v) is 6.25. The third kappa shape index (κ3) is 4.54. The van der Waals surface area contributed by atoms with Crippen LogP contribution in [-0.4, -0.2) is 14.0 Å². The van der Waals surface area contributed by atoms with E-state index in [2.05, 4.69) is 6.58 Å². The Hall–Kier alpha value is 0.537. The molecule has 0 atom stereocenters. The minimum atomic E-state index is -0.349. The highest BCUT2D eigenvalue weighted by molar-refractivity contribution is 6.70. The van der Waals surface area contributed by atoms with Gasteiger partial charge in [0.05, 0.1) is 14.0 Å². The van der Waals surface area contributed by atoms with Crippen molar-refractivity contribution in [2.45, 2.75) is 4.46 Å². The number of hydrogen-bond acceptors (Lipinski definition) is 0. The maximum Gasteiger partial charge on any atom is 0.0949 e. The molecule has 0 nitrogen and oxygen atoms in total. The van der Waals surface area contributed by atoms with E-state index in [9.17, 15) is 0 Å². The molecule has 0 aliphatic carbocycles. The molecule has 0 aromatic carbocycles. The predicted octanol–water partition coefficient (Wildman–Crippen LogP) is 1.06. The van der Waals surface area contributed by atoms with Gasteiger partial charge in [-0.2, -0.15) is 0 Å². The summed E-state index contributed by atoms with van der Waals surface area (Å²) in [5.74, 6) is 0. The lowest BCUT2D eigenvalue weighted by Gasteiger charge is -1.85. The van der Waals surface area contributed by atoms with Gasteiger partial charge in [0.2, 0.25) is 0 Å². The second kappa shape index (κ2) is 3.72. The molecule has 36 valence electrons. The summed E-state index contributed by atoms with van der Waals surface area (Å²) < 4.78 is -0.137. The van der Waals surface area contributed by atoms with Gasteiger partial charge in [0.1, 0.15) is 0 Å². The van der Waals surface area contributed by atoms with Gasteiger partial charge in [-0.05, 0) is 0 Å². The van der Waals surface area contributed by atoms with Crippen LogP contribution < -0.4 is 0 Å². The van der Waals surface area contributed by atoms with Crippen molar-refractivity contribution in [1.82, 2.24) is 0 Å². The largest absolute Gasteiger partial charge is 0.110 e. The fraction of sp³-hybridized carbons (Fsp3) is 0.333. The summed E-state index contributed by atoms with van der Waals surface area (Å²) in [6.07, 6.45) is 0. The molecule has 0 aliphatic heterocycles. The molecule has 0 fully saturated rings. The molecule has 0 amide bonds. The molecule has 0 saturated carbocycles. The van der Waals surface area contributed by atoms with Gasteiger partial charge in [0.15, 0.2) is 0 Å². The topological polar surface area (TPSA) is 0 Å². The molecule has 0 unspecified atom stereocenters. The molecular weight excluding hydrogens is 135 g/mol. The molecule has 0 rings (SSSR count). The van der Waals surface area contributed by atoms with Crippen LogP contribution in [0.1, 0.15) is 0 Å². The first-order chi connectivity index (χ1) is 2.77. The zero-order chi connectivity index (χ0) is 4.99. The third-order valence-corrected chi connectivity index (χ3v) is 2.10. The van der Waals surface area contributed by atoms with Gasteiger partial charge in [-0.15, -0.1) is 35.5 Å². The second-order valence-electron chi connectivity index (χ2n) is 0.915. The molecule has 0 saturated heterocycles. The van der Waals surface area contributed by atoms with Crippen molar-refractivity contribution in [3.63, 3.8) is 0 Å². The Balaban J connectivity index is 2.81. The molecule has 0 N–H and O–H groups in total. The van der Waals surface area contributed by atoms with Crippen molar-refractivity contribution in [3.8, 4) is 0 Å². The maximum absolute atomic E-state index is 5.33. The Kier molecular flexibility index (Phi) is 4.05. The van der Waals surface area contributed by atoms with Crippen molar-refractivity contribution in [1.29, 1.82) is 0 Å². The predicted molar refractivity (Wildman–Crippen MR) is 34.2 cm³/mol. The molecular formula is C3H6Cl2Si. The van der Waals surface area contributed by atoms with Crippen LogP contribution in [0, 0.1) is 0 Å². The SMILES string of the molecule is C=C[SiH2]C(Cl)Cl. The van der Waals surface area contributed by atoms with Crippen molar-refractivity contribution < 1.29 is 0 Å². The van der Waals surface area contributed by atoms with E-state index < -0.39 is 0 Å². The number of rotatable bonds is 2. The van der Waals surface area contributed by atoms with E-state index in [1.165, 1.54) is 0 Å². The van der Waals surface area contributed by atoms with Crippen LogP contribution in [0.4, 0.5) is 0 Å². The lowest BCUT2D eigenvalue weighted by Crippen LogP contribution is -1.94. The molecule has 0 aliphatic rings. The minimum Gasteiger partial charge on any atom is -0.110 e. The van der Waals surface area contributed by atoms with Crippen molar-refractivity contribution in [2.24, 2.45) is 0 Å². The van der Waals surface area contributed by atoms with Crippen LogP contribution >= 0.6 is 23.2 Å². The average molecular weight is 141 g/mol. The quantitative estimate of drug-likeness (QED) is 0.398. The first-order valence-electron chi connectivity index (χ1n) is 1.66. The van der Waals surface area contributed by atoms with Crippen LogP contribution in [-0.2, 0) is 0 Å². The summed E-state index contributed by atoms with van der Waals surface area (Å²) in [5.41, 5.74) is 1.82. The van der Waals surface area contributed by atoms with E-state index in [1.807, 2.05) is 5.70 Å². The van der Waals surface area contributed by atoms with Gasteiger partial charge in [0, 0.05) is 0 Å². The van der Waals surface area contributed by atoms with Gasteiger partial charge in [0.25, 0.3) is 0 Å². The Labute approximate surface area is 50.0 Å². The van der Waals surface area contributed by atoms with E-state index in [-0.39, 0.29) is 14.0 Å². The summed E-state index contributed by atoms with van der Waals surface area (Å²) in [4.78, 5) is 0. The van der Waals surface area contributed by atoms with Crippen LogP contribution in [0.25, 0.3) is 0 Å². The minimum absolute atomic E-state index is 0.137. The monoisotopic (exact) mass is 140 g/mol. The highest BCUT2D eigenvalue weighted by atomic mass is 35.5. The molecule has 0 aromatic heterocycles. The first-order valence-corrected chi connectivity index (χ1v) is 4.17. The lowest BCUT2D eigenvalue weighted by molar-refractivity contribution is 1.90. The highest BCUT2D eigenvalue weighted by Crippen LogP contribution is 1.96. The summed E-state index contributed by atoms with van der Waals surface area (Å²) in [6.45, 7) is 3.49. The summed E-state index contributed by atoms with van der Waals surface area (Å²) in [5, 5.41) is 0. The van der Waals surface area contributed by atoms with Gasteiger partial charge in [-0.3, -0.25) is 0 Å². The zero-order valence-electron chi connectivity index (χ0n) is 3.32. The van der Waals surface area contributed by atoms with Crippen LogP contribution in [0.5, 0.6) is 0 Å². The van der Waals surface area contributed by atoms with Gasteiger partial charge in [-0.25, -0.2) is 0 Å². The molecule has 0 spiro atoms. The highest BCUT2D eigenvalue weighted by Gasteiger charge is 1.90. The molecule has 0 heterocycles. The maximum atomic E-state index is 5.33. The normalized spacial score (nSPS) is 11.2. The summed E-state index contributed by atoms with van der Waals surface area (Å²) in [7, 11) is -0.349. The van der Waals surface area contributed by atoms with E-state index >= 15 is 0 Å². The van der Waals surface area contributed by atoms with Crippen molar-refractivity contribution in [3.05, 3.63) is 12.3 Å². The molecule has 6 heavy (non-hydrogen) atoms. The Morgan fingerprint density at radius 1 is 1.67 bits per heavy atom. The van der Waals surface area contributed by atoms with E-state index in [0.29, 0.717) is 0 Å². The first kappa shape index (κ1) is 6.54. The van der Waals surface area contributed by atoms with Crippen LogP contribution in [0.15, 0.2) is 12.3 Å². The van der Waals surface area contributed by atoms with E-state index in [0.717, 1.165) is 0 Å². The van der Waals surface area contributed by atoms with Crippen LogP contribution in [0.2, 0.25) is 0 Å². The number of halogens is 2. The second-order valence-corrected chi connectivity index (χ2v) is 5.09. The number of hydrogen-bond donors (Lipinski definition) is 0. The summed E-state index contributed by atoms with van der Waals surface area (Å²) >= 11 is 10.7. The number of alkyl halides is 2. The third-order valence-electron chi connectivity index (χ3n) is 0.345.